The molecular formula is C17H24N2O2S. The van der Waals surface area contributed by atoms with Gasteiger partial charge in [0, 0.05) is 11.3 Å². The topological polar surface area (TPSA) is 72.2 Å². The Bertz CT molecular complexity index is 588. The van der Waals surface area contributed by atoms with Crippen LogP contribution in [0, 0.1) is 11.8 Å². The minimum atomic E-state index is -0.414. The van der Waals surface area contributed by atoms with E-state index in [0.29, 0.717) is 28.8 Å². The van der Waals surface area contributed by atoms with Crippen molar-refractivity contribution in [3.05, 3.63) is 16.0 Å². The highest BCUT2D eigenvalue weighted by Gasteiger charge is 2.27. The van der Waals surface area contributed by atoms with E-state index in [9.17, 15) is 9.59 Å². The lowest BCUT2D eigenvalue weighted by atomic mass is 9.88. The van der Waals surface area contributed by atoms with E-state index in [-0.39, 0.29) is 5.91 Å². The third-order valence-electron chi connectivity index (χ3n) is 4.96. The van der Waals surface area contributed by atoms with E-state index < -0.39 is 5.91 Å². The number of nitrogens with one attached hydrogen (secondary N) is 1. The minimum absolute atomic E-state index is 0.0287. The van der Waals surface area contributed by atoms with Gasteiger partial charge in [0.15, 0.2) is 0 Å². The summed E-state index contributed by atoms with van der Waals surface area (Å²) >= 11 is 1.55. The predicted molar refractivity (Wildman–Crippen MR) is 89.2 cm³/mol. The fourth-order valence-electron chi connectivity index (χ4n) is 3.75. The molecular weight excluding hydrogens is 296 g/mol. The maximum absolute atomic E-state index is 12.3. The van der Waals surface area contributed by atoms with Crippen LogP contribution in [-0.4, -0.2) is 11.8 Å². The Morgan fingerprint density at radius 2 is 2.00 bits per heavy atom. The number of thiophene rings is 1. The molecule has 0 aliphatic heterocycles. The molecule has 0 saturated heterocycles. The maximum Gasteiger partial charge on any atom is 0.251 e. The predicted octanol–water partition coefficient (Wildman–Crippen LogP) is 3.49. The van der Waals surface area contributed by atoms with Crippen LogP contribution < -0.4 is 11.1 Å². The van der Waals surface area contributed by atoms with Crippen LogP contribution >= 0.6 is 11.3 Å². The molecule has 3 rings (SSSR count). The van der Waals surface area contributed by atoms with Crippen LogP contribution in [0.2, 0.25) is 0 Å². The molecule has 1 fully saturated rings. The number of anilines is 1. The molecule has 0 spiro atoms. The molecule has 4 nitrogen and oxygen atoms in total. The lowest BCUT2D eigenvalue weighted by Crippen LogP contribution is -2.20. The fraction of sp³-hybridized carbons (Fsp3) is 0.647. The number of primary amides is 1. The highest BCUT2D eigenvalue weighted by atomic mass is 32.1. The zero-order chi connectivity index (χ0) is 15.7. The largest absolute Gasteiger partial charge is 0.365 e. The first kappa shape index (κ1) is 15.5. The van der Waals surface area contributed by atoms with Gasteiger partial charge in [0.1, 0.15) is 5.00 Å². The summed E-state index contributed by atoms with van der Waals surface area (Å²) in [6.45, 7) is 2.23. The first-order valence-corrected chi connectivity index (χ1v) is 9.10. The Kier molecular flexibility index (Phi) is 4.52. The quantitative estimate of drug-likeness (QED) is 0.891. The molecule has 1 heterocycles. The monoisotopic (exact) mass is 320 g/mol. The zero-order valence-corrected chi connectivity index (χ0v) is 13.9. The lowest BCUT2D eigenvalue weighted by molar-refractivity contribution is -0.117. The average Bonchev–Trinajstić information content (AvgIpc) is 3.04. The second kappa shape index (κ2) is 6.41. The summed E-state index contributed by atoms with van der Waals surface area (Å²) in [5, 5.41) is 3.65. The zero-order valence-electron chi connectivity index (χ0n) is 13.1. The second-order valence-corrected chi connectivity index (χ2v) is 7.93. The number of hydrogen-bond acceptors (Lipinski definition) is 3. The van der Waals surface area contributed by atoms with Gasteiger partial charge >= 0.3 is 0 Å². The van der Waals surface area contributed by atoms with Gasteiger partial charge in [-0.15, -0.1) is 11.3 Å². The Hall–Kier alpha value is -1.36. The Labute approximate surface area is 135 Å². The third-order valence-corrected chi connectivity index (χ3v) is 6.13. The molecule has 2 aliphatic carbocycles. The van der Waals surface area contributed by atoms with Gasteiger partial charge in [-0.2, -0.15) is 0 Å². The smallest absolute Gasteiger partial charge is 0.251 e. The van der Waals surface area contributed by atoms with Crippen LogP contribution in [0.3, 0.4) is 0 Å². The summed E-state index contributed by atoms with van der Waals surface area (Å²) in [7, 11) is 0. The van der Waals surface area contributed by atoms with Crippen molar-refractivity contribution in [2.45, 2.75) is 58.3 Å². The first-order chi connectivity index (χ1) is 10.5. The number of carbonyl (C=O) groups is 2. The summed E-state index contributed by atoms with van der Waals surface area (Å²) in [6.07, 6.45) is 8.29. The van der Waals surface area contributed by atoms with E-state index in [1.165, 1.54) is 17.7 Å². The van der Waals surface area contributed by atoms with Crippen molar-refractivity contribution in [3.8, 4) is 0 Å². The summed E-state index contributed by atoms with van der Waals surface area (Å²) in [5.41, 5.74) is 7.21. The van der Waals surface area contributed by atoms with Gasteiger partial charge in [-0.1, -0.05) is 19.8 Å². The van der Waals surface area contributed by atoms with Gasteiger partial charge in [-0.25, -0.2) is 0 Å². The van der Waals surface area contributed by atoms with Crippen molar-refractivity contribution in [1.29, 1.82) is 0 Å². The molecule has 0 bridgehead atoms. The summed E-state index contributed by atoms with van der Waals surface area (Å²) in [6, 6.07) is 0. The summed E-state index contributed by atoms with van der Waals surface area (Å²) < 4.78 is 0. The molecule has 0 unspecified atom stereocenters. The number of nitrogens with two attached hydrogens (primary N) is 1. The van der Waals surface area contributed by atoms with Crippen molar-refractivity contribution in [2.24, 2.45) is 17.6 Å². The van der Waals surface area contributed by atoms with Gasteiger partial charge in [-0.05, 0) is 49.5 Å². The number of fused-ring (bicyclic) bond motifs is 1. The van der Waals surface area contributed by atoms with Crippen LogP contribution in [0.4, 0.5) is 5.00 Å². The SMILES string of the molecule is C[C@@H]1CCc2c(sc(NC(=O)CC3CCCC3)c2C(N)=O)C1. The summed E-state index contributed by atoms with van der Waals surface area (Å²) in [5.74, 6) is 0.754. The highest BCUT2D eigenvalue weighted by molar-refractivity contribution is 7.17. The number of amides is 2. The standard InChI is InChI=1S/C17H24N2O2S/c1-10-6-7-12-13(8-10)22-17(15(12)16(18)21)19-14(20)9-11-4-2-3-5-11/h10-11H,2-9H2,1H3,(H2,18,21)(H,19,20)/t10-/m1/s1. The van der Waals surface area contributed by atoms with Gasteiger partial charge in [0.25, 0.3) is 5.91 Å². The normalized spacial score (nSPS) is 21.6. The minimum Gasteiger partial charge on any atom is -0.365 e. The first-order valence-electron chi connectivity index (χ1n) is 8.28. The van der Waals surface area contributed by atoms with Crippen LogP contribution in [0.15, 0.2) is 0 Å². The van der Waals surface area contributed by atoms with E-state index in [2.05, 4.69) is 12.2 Å². The van der Waals surface area contributed by atoms with Crippen LogP contribution in [0.25, 0.3) is 0 Å². The Morgan fingerprint density at radius 3 is 2.68 bits per heavy atom. The van der Waals surface area contributed by atoms with Crippen molar-refractivity contribution < 1.29 is 9.59 Å². The van der Waals surface area contributed by atoms with E-state index in [4.69, 9.17) is 5.73 Å². The molecule has 1 aromatic heterocycles. The van der Waals surface area contributed by atoms with Gasteiger partial charge in [0.05, 0.1) is 5.56 Å². The highest BCUT2D eigenvalue weighted by Crippen LogP contribution is 2.39. The Morgan fingerprint density at radius 1 is 1.27 bits per heavy atom. The molecule has 1 atom stereocenters. The van der Waals surface area contributed by atoms with Crippen LogP contribution in [-0.2, 0) is 17.6 Å². The second-order valence-electron chi connectivity index (χ2n) is 6.82. The van der Waals surface area contributed by atoms with Crippen LogP contribution in [0.5, 0.6) is 0 Å². The maximum atomic E-state index is 12.3. The number of carbonyl (C=O) groups excluding carboxylic acids is 2. The fourth-order valence-corrected chi connectivity index (χ4v) is 5.19. The van der Waals surface area contributed by atoms with Crippen LogP contribution in [0.1, 0.15) is 66.2 Å². The molecule has 0 aromatic carbocycles. The summed E-state index contributed by atoms with van der Waals surface area (Å²) in [4.78, 5) is 25.3. The van der Waals surface area contributed by atoms with E-state index in [1.807, 2.05) is 0 Å². The number of hydrogen-bond donors (Lipinski definition) is 2. The van der Waals surface area contributed by atoms with Crippen molar-refractivity contribution >= 4 is 28.2 Å². The van der Waals surface area contributed by atoms with Gasteiger partial charge in [0.2, 0.25) is 5.91 Å². The van der Waals surface area contributed by atoms with Crippen molar-refractivity contribution in [2.75, 3.05) is 5.32 Å². The van der Waals surface area contributed by atoms with E-state index in [1.54, 1.807) is 11.3 Å². The van der Waals surface area contributed by atoms with Gasteiger partial charge < -0.3 is 11.1 Å². The van der Waals surface area contributed by atoms with Crippen molar-refractivity contribution in [1.82, 2.24) is 0 Å². The van der Waals surface area contributed by atoms with E-state index >= 15 is 0 Å². The third kappa shape index (κ3) is 3.19. The molecule has 2 aliphatic rings. The van der Waals surface area contributed by atoms with Gasteiger partial charge in [-0.3, -0.25) is 9.59 Å². The molecule has 120 valence electrons. The number of rotatable bonds is 4. The molecule has 3 N–H and O–H groups in total. The van der Waals surface area contributed by atoms with E-state index in [0.717, 1.165) is 37.7 Å². The molecule has 1 aromatic rings. The van der Waals surface area contributed by atoms with Crippen molar-refractivity contribution in [3.63, 3.8) is 0 Å². The molecule has 2 amide bonds. The molecule has 0 radical (unpaired) electrons. The molecule has 1 saturated carbocycles. The lowest BCUT2D eigenvalue weighted by Gasteiger charge is -2.18. The molecule has 22 heavy (non-hydrogen) atoms. The molecule has 5 heteroatoms. The Balaban J connectivity index is 1.77. The average molecular weight is 320 g/mol.